The molecule has 0 N–H and O–H groups in total. The Morgan fingerprint density at radius 1 is 0.327 bits per heavy atom. The second kappa shape index (κ2) is 12.2. The van der Waals surface area contributed by atoms with Gasteiger partial charge >= 0.3 is 0 Å². The van der Waals surface area contributed by atoms with E-state index in [4.69, 9.17) is 15.0 Å². The predicted octanol–water partition coefficient (Wildman–Crippen LogP) is 11.3. The van der Waals surface area contributed by atoms with Crippen LogP contribution in [0.2, 0.25) is 0 Å². The molecule has 7 aromatic carbocycles. The first kappa shape index (κ1) is 28.6. The molecule has 0 aliphatic carbocycles. The van der Waals surface area contributed by atoms with Crippen LogP contribution in [-0.4, -0.2) is 19.5 Å². The van der Waals surface area contributed by atoms with E-state index in [2.05, 4.69) is 126 Å². The third kappa shape index (κ3) is 5.26. The lowest BCUT2D eigenvalue weighted by atomic mass is 9.94. The van der Waals surface area contributed by atoms with Gasteiger partial charge in [-0.05, 0) is 52.6 Å². The molecule has 0 aliphatic rings. The van der Waals surface area contributed by atoms with Crippen molar-refractivity contribution >= 4 is 21.8 Å². The maximum absolute atomic E-state index is 5.02. The third-order valence-electron chi connectivity index (χ3n) is 9.03. The summed E-state index contributed by atoms with van der Waals surface area (Å²) in [5.41, 5.74) is 10.9. The normalized spacial score (nSPS) is 11.3. The molecule has 0 bridgehead atoms. The zero-order valence-corrected chi connectivity index (χ0v) is 26.6. The summed E-state index contributed by atoms with van der Waals surface area (Å²) in [5.74, 6) is 1.92. The molecule has 0 aliphatic heterocycles. The maximum Gasteiger partial charge on any atom is 0.164 e. The first-order valence-corrected chi connectivity index (χ1v) is 16.5. The van der Waals surface area contributed by atoms with Gasteiger partial charge in [-0.25, -0.2) is 15.0 Å². The smallest absolute Gasteiger partial charge is 0.164 e. The van der Waals surface area contributed by atoms with Gasteiger partial charge in [0.05, 0.1) is 11.0 Å². The van der Waals surface area contributed by atoms with Gasteiger partial charge in [-0.1, -0.05) is 152 Å². The lowest BCUT2D eigenvalue weighted by Crippen LogP contribution is -2.01. The molecule has 230 valence electrons. The highest BCUT2D eigenvalue weighted by molar-refractivity contribution is 6.17. The molecule has 4 nitrogen and oxygen atoms in total. The lowest BCUT2D eigenvalue weighted by molar-refractivity contribution is 1.07. The molecule has 2 heterocycles. The Morgan fingerprint density at radius 3 is 1.43 bits per heavy atom. The van der Waals surface area contributed by atoms with Gasteiger partial charge in [0.15, 0.2) is 17.5 Å². The largest absolute Gasteiger partial charge is 0.309 e. The van der Waals surface area contributed by atoms with Gasteiger partial charge in [0.2, 0.25) is 0 Å². The quantitative estimate of drug-likeness (QED) is 0.184. The Labute approximate surface area is 284 Å². The molecular formula is C45H30N4. The molecule has 4 heteroatoms. The predicted molar refractivity (Wildman–Crippen MR) is 201 cm³/mol. The molecule has 49 heavy (non-hydrogen) atoms. The summed E-state index contributed by atoms with van der Waals surface area (Å²) in [6.45, 7) is 0. The summed E-state index contributed by atoms with van der Waals surface area (Å²) in [6, 6.07) is 63.4. The van der Waals surface area contributed by atoms with Crippen molar-refractivity contribution < 1.29 is 0 Å². The van der Waals surface area contributed by atoms with Crippen LogP contribution < -0.4 is 0 Å². The number of aromatic nitrogens is 4. The lowest BCUT2D eigenvalue weighted by Gasteiger charge is -2.13. The van der Waals surface area contributed by atoms with E-state index in [0.717, 1.165) is 33.4 Å². The molecule has 0 saturated carbocycles. The van der Waals surface area contributed by atoms with Crippen molar-refractivity contribution in [2.75, 3.05) is 0 Å². The van der Waals surface area contributed by atoms with E-state index in [0.29, 0.717) is 17.5 Å². The minimum atomic E-state index is 0.630. The monoisotopic (exact) mass is 626 g/mol. The van der Waals surface area contributed by atoms with Crippen molar-refractivity contribution in [3.05, 3.63) is 182 Å². The highest BCUT2D eigenvalue weighted by Gasteiger charge is 2.19. The van der Waals surface area contributed by atoms with Crippen LogP contribution in [0, 0.1) is 0 Å². The van der Waals surface area contributed by atoms with Gasteiger partial charge in [-0.3, -0.25) is 0 Å². The van der Waals surface area contributed by atoms with Gasteiger partial charge in [0.25, 0.3) is 0 Å². The molecule has 9 rings (SSSR count). The Morgan fingerprint density at radius 2 is 0.816 bits per heavy atom. The Bertz CT molecular complexity index is 2520. The van der Waals surface area contributed by atoms with Crippen molar-refractivity contribution in [3.63, 3.8) is 0 Å². The fraction of sp³-hybridized carbons (Fsp3) is 0. The van der Waals surface area contributed by atoms with Crippen molar-refractivity contribution in [2.24, 2.45) is 0 Å². The molecule has 9 aromatic rings. The third-order valence-corrected chi connectivity index (χ3v) is 9.03. The minimum absolute atomic E-state index is 0.630. The van der Waals surface area contributed by atoms with E-state index < -0.39 is 0 Å². The Hall–Kier alpha value is -6.65. The van der Waals surface area contributed by atoms with Gasteiger partial charge in [0.1, 0.15) is 0 Å². The van der Waals surface area contributed by atoms with Gasteiger partial charge in [0, 0.05) is 33.2 Å². The minimum Gasteiger partial charge on any atom is -0.309 e. The highest BCUT2D eigenvalue weighted by atomic mass is 15.0. The summed E-state index contributed by atoms with van der Waals surface area (Å²) in [6.07, 6.45) is 0. The standard InChI is InChI=1S/C45H30N4/c1-5-16-31(17-6-1)36-29-39(32-18-7-2-8-19-32)42-38-26-13-14-27-40(38)49(41(42)30-36)37-25-15-24-35(28-37)45-47-43(33-20-9-3-10-21-33)46-44(48-45)34-22-11-4-12-23-34/h1-30H. The highest BCUT2D eigenvalue weighted by Crippen LogP contribution is 2.41. The number of para-hydroxylation sites is 1. The van der Waals surface area contributed by atoms with E-state index in [1.54, 1.807) is 0 Å². The van der Waals surface area contributed by atoms with Gasteiger partial charge in [-0.15, -0.1) is 0 Å². The molecule has 0 saturated heterocycles. The summed E-state index contributed by atoms with van der Waals surface area (Å²) < 4.78 is 2.38. The topological polar surface area (TPSA) is 43.6 Å². The Kier molecular flexibility index (Phi) is 7.10. The summed E-state index contributed by atoms with van der Waals surface area (Å²) in [7, 11) is 0. The van der Waals surface area contributed by atoms with E-state index in [1.807, 2.05) is 60.7 Å². The number of benzene rings is 7. The van der Waals surface area contributed by atoms with Crippen molar-refractivity contribution in [2.45, 2.75) is 0 Å². The molecule has 2 aromatic heterocycles. The maximum atomic E-state index is 5.02. The van der Waals surface area contributed by atoms with Crippen LogP contribution >= 0.6 is 0 Å². The van der Waals surface area contributed by atoms with Crippen LogP contribution in [0.1, 0.15) is 0 Å². The van der Waals surface area contributed by atoms with Crippen LogP contribution in [0.3, 0.4) is 0 Å². The fourth-order valence-electron chi connectivity index (χ4n) is 6.74. The molecule has 0 atom stereocenters. The molecule has 0 fully saturated rings. The number of hydrogen-bond donors (Lipinski definition) is 0. The second-order valence-corrected chi connectivity index (χ2v) is 12.1. The zero-order valence-electron chi connectivity index (χ0n) is 26.6. The van der Waals surface area contributed by atoms with E-state index in [-0.39, 0.29) is 0 Å². The van der Waals surface area contributed by atoms with E-state index >= 15 is 0 Å². The first-order chi connectivity index (χ1) is 24.3. The van der Waals surface area contributed by atoms with Crippen LogP contribution in [0.4, 0.5) is 0 Å². The van der Waals surface area contributed by atoms with Crippen molar-refractivity contribution in [1.82, 2.24) is 19.5 Å². The molecule has 0 radical (unpaired) electrons. The zero-order chi connectivity index (χ0) is 32.6. The molecule has 0 unspecified atom stereocenters. The SMILES string of the molecule is c1ccc(-c2cc(-c3ccccc3)c3c4ccccc4n(-c4cccc(-c5nc(-c6ccccc6)nc(-c6ccccc6)n5)c4)c3c2)cc1. The molecule has 0 spiro atoms. The number of nitrogens with zero attached hydrogens (tertiary/aromatic N) is 4. The average molecular weight is 627 g/mol. The summed E-state index contributed by atoms with van der Waals surface area (Å²) in [4.78, 5) is 14.9. The number of fused-ring (bicyclic) bond motifs is 3. The van der Waals surface area contributed by atoms with E-state index in [9.17, 15) is 0 Å². The fourth-order valence-corrected chi connectivity index (χ4v) is 6.74. The Balaban J connectivity index is 1.29. The van der Waals surface area contributed by atoms with E-state index in [1.165, 1.54) is 33.0 Å². The summed E-state index contributed by atoms with van der Waals surface area (Å²) in [5, 5.41) is 2.43. The van der Waals surface area contributed by atoms with Crippen LogP contribution in [0.5, 0.6) is 0 Å². The number of rotatable bonds is 6. The van der Waals surface area contributed by atoms with Crippen LogP contribution in [0.25, 0.3) is 83.9 Å². The molecular weight excluding hydrogens is 597 g/mol. The van der Waals surface area contributed by atoms with Crippen LogP contribution in [-0.2, 0) is 0 Å². The molecule has 0 amide bonds. The van der Waals surface area contributed by atoms with Gasteiger partial charge in [-0.2, -0.15) is 0 Å². The van der Waals surface area contributed by atoms with Crippen LogP contribution in [0.15, 0.2) is 182 Å². The van der Waals surface area contributed by atoms with Crippen molar-refractivity contribution in [3.8, 4) is 62.1 Å². The van der Waals surface area contributed by atoms with Crippen molar-refractivity contribution in [1.29, 1.82) is 0 Å². The average Bonchev–Trinajstić information content (AvgIpc) is 3.53. The first-order valence-electron chi connectivity index (χ1n) is 16.5. The number of hydrogen-bond acceptors (Lipinski definition) is 3. The second-order valence-electron chi connectivity index (χ2n) is 12.1. The van der Waals surface area contributed by atoms with Gasteiger partial charge < -0.3 is 4.57 Å². The summed E-state index contributed by atoms with van der Waals surface area (Å²) >= 11 is 0.